The molecule has 0 bridgehead atoms. The summed E-state index contributed by atoms with van der Waals surface area (Å²) < 4.78 is 5.57. The maximum Gasteiger partial charge on any atom is 0.341 e. The molecule has 0 radical (unpaired) electrons. The molecule has 0 amide bonds. The highest BCUT2D eigenvalue weighted by Crippen LogP contribution is 2.43. The highest BCUT2D eigenvalue weighted by atomic mass is 16.5. The zero-order valence-corrected chi connectivity index (χ0v) is 15.3. The van der Waals surface area contributed by atoms with Crippen LogP contribution in [-0.2, 0) is 11.3 Å². The van der Waals surface area contributed by atoms with Crippen LogP contribution in [0.2, 0.25) is 0 Å². The second kappa shape index (κ2) is 7.19. The van der Waals surface area contributed by atoms with E-state index in [0.717, 1.165) is 31.1 Å². The molecular formula is C22H22N2O3. The Bertz CT molecular complexity index is 986. The van der Waals surface area contributed by atoms with Crippen LogP contribution < -0.4 is 14.5 Å². The van der Waals surface area contributed by atoms with Crippen LogP contribution in [0, 0.1) is 0 Å². The fourth-order valence-corrected chi connectivity index (χ4v) is 3.65. The van der Waals surface area contributed by atoms with E-state index in [9.17, 15) is 4.79 Å². The Labute approximate surface area is 158 Å². The first-order valence-electron chi connectivity index (χ1n) is 9.11. The largest absolute Gasteiger partial charge is 0.480 e. The highest BCUT2D eigenvalue weighted by Gasteiger charge is 2.28. The van der Waals surface area contributed by atoms with Gasteiger partial charge in [-0.3, -0.25) is 0 Å². The Morgan fingerprint density at radius 1 is 1.04 bits per heavy atom. The highest BCUT2D eigenvalue weighted by molar-refractivity contribution is 5.84. The molecule has 138 valence electrons. The number of carbonyl (C=O) groups is 1. The first kappa shape index (κ1) is 17.2. The molecule has 4 rings (SSSR count). The lowest BCUT2D eigenvalue weighted by Gasteiger charge is -2.22. The van der Waals surface area contributed by atoms with Gasteiger partial charge in [-0.15, -0.1) is 0 Å². The zero-order chi connectivity index (χ0) is 18.8. The summed E-state index contributed by atoms with van der Waals surface area (Å²) in [6, 6.07) is 20.7. The van der Waals surface area contributed by atoms with E-state index in [1.54, 1.807) is 0 Å². The Kier molecular flexibility index (Phi) is 4.59. The van der Waals surface area contributed by atoms with Crippen molar-refractivity contribution >= 4 is 28.1 Å². The van der Waals surface area contributed by atoms with Crippen molar-refractivity contribution in [2.45, 2.75) is 13.5 Å². The topological polar surface area (TPSA) is 53.0 Å². The van der Waals surface area contributed by atoms with Gasteiger partial charge >= 0.3 is 5.97 Å². The molecule has 3 aromatic rings. The molecule has 1 N–H and O–H groups in total. The molecule has 5 nitrogen and oxygen atoms in total. The summed E-state index contributed by atoms with van der Waals surface area (Å²) in [5, 5.41) is 11.4. The number of rotatable bonds is 6. The maximum absolute atomic E-state index is 10.9. The average molecular weight is 362 g/mol. The molecule has 3 aromatic carbocycles. The van der Waals surface area contributed by atoms with Gasteiger partial charge in [-0.1, -0.05) is 42.5 Å². The predicted molar refractivity (Wildman–Crippen MR) is 108 cm³/mol. The van der Waals surface area contributed by atoms with Gasteiger partial charge in [0.25, 0.3) is 0 Å². The second-order valence-corrected chi connectivity index (χ2v) is 6.68. The lowest BCUT2D eigenvalue weighted by molar-refractivity contribution is -0.139. The molecule has 0 aliphatic carbocycles. The summed E-state index contributed by atoms with van der Waals surface area (Å²) in [5.41, 5.74) is 3.26. The van der Waals surface area contributed by atoms with E-state index in [-0.39, 0.29) is 6.61 Å². The van der Waals surface area contributed by atoms with E-state index in [4.69, 9.17) is 9.84 Å². The van der Waals surface area contributed by atoms with Crippen molar-refractivity contribution in [2.75, 3.05) is 29.6 Å². The number of benzene rings is 3. The van der Waals surface area contributed by atoms with Crippen LogP contribution in [0.4, 0.5) is 11.4 Å². The van der Waals surface area contributed by atoms with Gasteiger partial charge in [0.2, 0.25) is 0 Å². The van der Waals surface area contributed by atoms with Crippen LogP contribution in [0.15, 0.2) is 60.7 Å². The monoisotopic (exact) mass is 362 g/mol. The number of ether oxygens (including phenoxy) is 1. The minimum absolute atomic E-state index is 0.341. The van der Waals surface area contributed by atoms with Gasteiger partial charge in [-0.2, -0.15) is 0 Å². The van der Waals surface area contributed by atoms with Crippen molar-refractivity contribution in [1.29, 1.82) is 0 Å². The Morgan fingerprint density at radius 2 is 1.85 bits per heavy atom. The third-order valence-corrected chi connectivity index (χ3v) is 4.90. The van der Waals surface area contributed by atoms with E-state index in [0.29, 0.717) is 5.75 Å². The van der Waals surface area contributed by atoms with Gasteiger partial charge in [0.1, 0.15) is 11.4 Å². The number of fused-ring (bicyclic) bond motifs is 2. The lowest BCUT2D eigenvalue weighted by Crippen LogP contribution is -2.30. The van der Waals surface area contributed by atoms with Gasteiger partial charge in [-0.25, -0.2) is 4.79 Å². The number of hydrogen-bond donors (Lipinski definition) is 1. The van der Waals surface area contributed by atoms with Gasteiger partial charge in [0.15, 0.2) is 6.61 Å². The van der Waals surface area contributed by atoms with E-state index >= 15 is 0 Å². The molecule has 27 heavy (non-hydrogen) atoms. The fraction of sp³-hybridized carbons (Fsp3) is 0.227. The molecule has 1 aliphatic heterocycles. The SMILES string of the molecule is CCN1CN(Cc2ccc3ccccc3c2)c2c(OCC(=O)O)cccc21. The van der Waals surface area contributed by atoms with Crippen molar-refractivity contribution in [3.05, 3.63) is 66.2 Å². The summed E-state index contributed by atoms with van der Waals surface area (Å²) in [6.45, 7) is 4.15. The first-order valence-corrected chi connectivity index (χ1v) is 9.11. The Hall–Kier alpha value is -3.21. The van der Waals surface area contributed by atoms with Crippen LogP contribution in [0.25, 0.3) is 10.8 Å². The smallest absolute Gasteiger partial charge is 0.341 e. The molecule has 0 saturated carbocycles. The van der Waals surface area contributed by atoms with Crippen LogP contribution in [-0.4, -0.2) is 30.9 Å². The molecule has 0 unspecified atom stereocenters. The second-order valence-electron chi connectivity index (χ2n) is 6.68. The van der Waals surface area contributed by atoms with Crippen molar-refractivity contribution in [2.24, 2.45) is 0 Å². The summed E-state index contributed by atoms with van der Waals surface area (Å²) in [6.07, 6.45) is 0. The van der Waals surface area contributed by atoms with E-state index in [1.165, 1.54) is 16.3 Å². The van der Waals surface area contributed by atoms with E-state index < -0.39 is 5.97 Å². The summed E-state index contributed by atoms with van der Waals surface area (Å²) in [7, 11) is 0. The molecule has 0 atom stereocenters. The number of carboxylic acid groups (broad SMARTS) is 1. The maximum atomic E-state index is 10.9. The molecule has 0 aromatic heterocycles. The number of aliphatic carboxylic acids is 1. The number of anilines is 2. The summed E-state index contributed by atoms with van der Waals surface area (Å²) >= 11 is 0. The molecule has 0 spiro atoms. The quantitative estimate of drug-likeness (QED) is 0.715. The number of carboxylic acids is 1. The first-order chi connectivity index (χ1) is 13.2. The number of nitrogens with zero attached hydrogens (tertiary/aromatic N) is 2. The Balaban J connectivity index is 1.66. The van der Waals surface area contributed by atoms with Gasteiger partial charge < -0.3 is 19.6 Å². The van der Waals surface area contributed by atoms with Gasteiger partial charge in [0, 0.05) is 13.1 Å². The average Bonchev–Trinajstić information content (AvgIpc) is 3.04. The van der Waals surface area contributed by atoms with Gasteiger partial charge in [-0.05, 0) is 41.5 Å². The van der Waals surface area contributed by atoms with Crippen molar-refractivity contribution in [3.63, 3.8) is 0 Å². The molecule has 5 heteroatoms. The third kappa shape index (κ3) is 3.40. The van der Waals surface area contributed by atoms with Crippen LogP contribution in [0.5, 0.6) is 5.75 Å². The third-order valence-electron chi connectivity index (χ3n) is 4.90. The lowest BCUT2D eigenvalue weighted by atomic mass is 10.1. The molecule has 0 fully saturated rings. The summed E-state index contributed by atoms with van der Waals surface area (Å²) in [5.74, 6) is -0.356. The minimum Gasteiger partial charge on any atom is -0.480 e. The number of para-hydroxylation sites is 1. The predicted octanol–water partition coefficient (Wildman–Crippen LogP) is 4.11. The molecule has 1 heterocycles. The van der Waals surface area contributed by atoms with E-state index in [2.05, 4.69) is 53.1 Å². The normalized spacial score (nSPS) is 13.1. The van der Waals surface area contributed by atoms with Crippen molar-refractivity contribution < 1.29 is 14.6 Å². The van der Waals surface area contributed by atoms with Crippen molar-refractivity contribution in [1.82, 2.24) is 0 Å². The van der Waals surface area contributed by atoms with Crippen LogP contribution in [0.3, 0.4) is 0 Å². The molecule has 1 aliphatic rings. The van der Waals surface area contributed by atoms with Gasteiger partial charge in [0.05, 0.1) is 12.4 Å². The fourth-order valence-electron chi connectivity index (χ4n) is 3.65. The molecular weight excluding hydrogens is 340 g/mol. The Morgan fingerprint density at radius 3 is 2.63 bits per heavy atom. The summed E-state index contributed by atoms with van der Waals surface area (Å²) in [4.78, 5) is 15.5. The standard InChI is InChI=1S/C22H22N2O3/c1-2-23-15-24(13-16-10-11-17-6-3-4-7-18(17)12-16)22-19(23)8-5-9-20(22)27-14-21(25)26/h3-12H,2,13-15H2,1H3,(H,25,26). The van der Waals surface area contributed by atoms with Crippen LogP contribution >= 0.6 is 0 Å². The number of hydrogen-bond acceptors (Lipinski definition) is 4. The van der Waals surface area contributed by atoms with E-state index in [1.807, 2.05) is 24.3 Å². The minimum atomic E-state index is -0.973. The van der Waals surface area contributed by atoms with Crippen molar-refractivity contribution in [3.8, 4) is 5.75 Å². The molecule has 0 saturated heterocycles. The van der Waals surface area contributed by atoms with Crippen LogP contribution in [0.1, 0.15) is 12.5 Å². The zero-order valence-electron chi connectivity index (χ0n) is 15.3.